The summed E-state index contributed by atoms with van der Waals surface area (Å²) >= 11 is 1.62. The average Bonchev–Trinajstić information content (AvgIpc) is 2.40. The van der Waals surface area contributed by atoms with Crippen LogP contribution < -0.4 is 10.2 Å². The van der Waals surface area contributed by atoms with E-state index in [4.69, 9.17) is 0 Å². The molecule has 1 aliphatic rings. The second-order valence-corrected chi connectivity index (χ2v) is 5.75. The number of hydrogen-bond donors (Lipinski definition) is 1. The maximum absolute atomic E-state index is 12.2. The number of hydrogen-bond acceptors (Lipinski definition) is 3. The van der Waals surface area contributed by atoms with Gasteiger partial charge in [0.25, 0.3) is 0 Å². The number of piperazine rings is 1. The minimum Gasteiger partial charge on any atom is -0.345 e. The van der Waals surface area contributed by atoms with Crippen LogP contribution in [0.5, 0.6) is 0 Å². The summed E-state index contributed by atoms with van der Waals surface area (Å²) in [5.74, 6) is -0.0668. The lowest BCUT2D eigenvalue weighted by Gasteiger charge is -2.37. The summed E-state index contributed by atoms with van der Waals surface area (Å²) in [7, 11) is 0. The number of nitrogens with zero attached hydrogens (tertiary/aromatic N) is 1. The second-order valence-electron chi connectivity index (χ2n) is 4.87. The van der Waals surface area contributed by atoms with E-state index in [2.05, 4.69) is 5.32 Å². The molecule has 102 valence electrons. The normalized spacial score (nSPS) is 19.8. The third-order valence-electron chi connectivity index (χ3n) is 3.19. The van der Waals surface area contributed by atoms with Crippen molar-refractivity contribution in [1.82, 2.24) is 5.32 Å². The zero-order chi connectivity index (χ0) is 14.0. The molecule has 1 heterocycles. The van der Waals surface area contributed by atoms with Gasteiger partial charge in [-0.2, -0.15) is 0 Å². The summed E-state index contributed by atoms with van der Waals surface area (Å²) in [5.41, 5.74) is 0.797. The van der Waals surface area contributed by atoms with E-state index in [-0.39, 0.29) is 24.3 Å². The molecule has 19 heavy (non-hydrogen) atoms. The lowest BCUT2D eigenvalue weighted by molar-refractivity contribution is -0.131. The van der Waals surface area contributed by atoms with Crippen molar-refractivity contribution in [2.75, 3.05) is 17.7 Å². The van der Waals surface area contributed by atoms with Crippen molar-refractivity contribution in [2.24, 2.45) is 5.92 Å². The third-order valence-corrected chi connectivity index (χ3v) is 3.92. The monoisotopic (exact) mass is 278 g/mol. The van der Waals surface area contributed by atoms with Crippen molar-refractivity contribution in [1.29, 1.82) is 0 Å². The van der Waals surface area contributed by atoms with Crippen molar-refractivity contribution in [2.45, 2.75) is 24.8 Å². The van der Waals surface area contributed by atoms with Crippen LogP contribution in [0.3, 0.4) is 0 Å². The van der Waals surface area contributed by atoms with Gasteiger partial charge >= 0.3 is 0 Å². The zero-order valence-corrected chi connectivity index (χ0v) is 12.2. The molecule has 1 N–H and O–H groups in total. The second kappa shape index (κ2) is 5.65. The fourth-order valence-corrected chi connectivity index (χ4v) is 2.74. The first-order valence-electron chi connectivity index (χ1n) is 6.28. The molecule has 4 nitrogen and oxygen atoms in total. The van der Waals surface area contributed by atoms with Crippen LogP contribution in [0, 0.1) is 5.92 Å². The summed E-state index contributed by atoms with van der Waals surface area (Å²) in [6, 6.07) is 7.31. The first-order valence-corrected chi connectivity index (χ1v) is 7.51. The number of thioether (sulfide) groups is 1. The predicted octanol–water partition coefficient (Wildman–Crippen LogP) is 1.90. The van der Waals surface area contributed by atoms with E-state index < -0.39 is 6.04 Å². The van der Waals surface area contributed by atoms with Crippen molar-refractivity contribution in [3.05, 3.63) is 24.3 Å². The topological polar surface area (TPSA) is 49.4 Å². The Labute approximate surface area is 117 Å². The molecule has 0 radical (unpaired) electrons. The Bertz CT molecular complexity index is 502. The maximum atomic E-state index is 12.2. The molecular formula is C14H18N2O2S. The Morgan fingerprint density at radius 1 is 1.37 bits per heavy atom. The van der Waals surface area contributed by atoms with Crippen LogP contribution in [0.4, 0.5) is 5.69 Å². The minimum absolute atomic E-state index is 0.0587. The van der Waals surface area contributed by atoms with E-state index in [9.17, 15) is 9.59 Å². The van der Waals surface area contributed by atoms with Gasteiger partial charge in [-0.25, -0.2) is 0 Å². The smallest absolute Gasteiger partial charge is 0.247 e. The number of rotatable bonds is 3. The highest BCUT2D eigenvalue weighted by Gasteiger charge is 2.37. The van der Waals surface area contributed by atoms with Crippen LogP contribution in [-0.4, -0.2) is 30.7 Å². The Balaban J connectivity index is 2.42. The zero-order valence-electron chi connectivity index (χ0n) is 11.3. The van der Waals surface area contributed by atoms with Crippen molar-refractivity contribution in [3.8, 4) is 0 Å². The summed E-state index contributed by atoms with van der Waals surface area (Å²) in [6.07, 6.45) is 1.99. The Kier molecular flexibility index (Phi) is 4.14. The first kappa shape index (κ1) is 13.9. The lowest BCUT2D eigenvalue weighted by atomic mass is 9.98. The summed E-state index contributed by atoms with van der Waals surface area (Å²) in [5, 5.41) is 2.66. The van der Waals surface area contributed by atoms with Crippen LogP contribution in [0.1, 0.15) is 13.8 Å². The van der Waals surface area contributed by atoms with Gasteiger partial charge in [-0.3, -0.25) is 14.5 Å². The van der Waals surface area contributed by atoms with Gasteiger partial charge in [0.05, 0.1) is 6.54 Å². The molecule has 2 amide bonds. The Hall–Kier alpha value is -1.49. The van der Waals surface area contributed by atoms with Gasteiger partial charge in [0.2, 0.25) is 11.8 Å². The van der Waals surface area contributed by atoms with Crippen molar-refractivity contribution >= 4 is 29.3 Å². The molecule has 1 atom stereocenters. The van der Waals surface area contributed by atoms with Gasteiger partial charge in [0, 0.05) is 10.6 Å². The molecule has 1 aromatic carbocycles. The van der Waals surface area contributed by atoms with Crippen molar-refractivity contribution < 1.29 is 9.59 Å². The van der Waals surface area contributed by atoms with Gasteiger partial charge in [0.15, 0.2) is 0 Å². The Morgan fingerprint density at radius 3 is 2.74 bits per heavy atom. The summed E-state index contributed by atoms with van der Waals surface area (Å²) in [6.45, 7) is 3.98. The molecule has 1 aromatic rings. The van der Waals surface area contributed by atoms with Crippen LogP contribution in [-0.2, 0) is 9.59 Å². The lowest BCUT2D eigenvalue weighted by Crippen LogP contribution is -2.60. The average molecular weight is 278 g/mol. The number of anilines is 1. The number of carbonyl (C=O) groups is 2. The molecule has 0 aromatic heterocycles. The molecule has 5 heteroatoms. The van der Waals surface area contributed by atoms with Crippen LogP contribution in [0.2, 0.25) is 0 Å². The van der Waals surface area contributed by atoms with Crippen LogP contribution in [0.15, 0.2) is 29.2 Å². The van der Waals surface area contributed by atoms with E-state index in [1.54, 1.807) is 16.7 Å². The minimum atomic E-state index is -0.432. The van der Waals surface area contributed by atoms with Gasteiger partial charge in [-0.05, 0) is 30.4 Å². The standard InChI is InChI=1S/C14H18N2O2S/c1-9(2)13-14(18)15-8-12(17)16(13)10-5-4-6-11(7-10)19-3/h4-7,9,13H,8H2,1-3H3,(H,15,18). The molecule has 1 saturated heterocycles. The molecule has 0 bridgehead atoms. The maximum Gasteiger partial charge on any atom is 0.247 e. The van der Waals surface area contributed by atoms with Gasteiger partial charge in [0.1, 0.15) is 6.04 Å². The van der Waals surface area contributed by atoms with E-state index in [0.29, 0.717) is 0 Å². The van der Waals surface area contributed by atoms with Crippen LogP contribution in [0.25, 0.3) is 0 Å². The Morgan fingerprint density at radius 2 is 2.11 bits per heavy atom. The van der Waals surface area contributed by atoms with Crippen molar-refractivity contribution in [3.63, 3.8) is 0 Å². The highest BCUT2D eigenvalue weighted by atomic mass is 32.2. The number of nitrogens with one attached hydrogen (secondary N) is 1. The van der Waals surface area contributed by atoms with E-state index in [0.717, 1.165) is 10.6 Å². The fourth-order valence-electron chi connectivity index (χ4n) is 2.29. The van der Waals surface area contributed by atoms with Crippen LogP contribution >= 0.6 is 11.8 Å². The van der Waals surface area contributed by atoms with E-state index in [1.165, 1.54) is 0 Å². The molecule has 1 fully saturated rings. The molecule has 0 saturated carbocycles. The fraction of sp³-hybridized carbons (Fsp3) is 0.429. The number of carbonyl (C=O) groups excluding carboxylic acids is 2. The predicted molar refractivity (Wildman–Crippen MR) is 77.3 cm³/mol. The molecule has 0 spiro atoms. The molecule has 1 aliphatic heterocycles. The van der Waals surface area contributed by atoms with Gasteiger partial charge in [-0.15, -0.1) is 11.8 Å². The molecule has 0 aliphatic carbocycles. The first-order chi connectivity index (χ1) is 9.04. The van der Waals surface area contributed by atoms with Gasteiger partial charge < -0.3 is 5.32 Å². The SMILES string of the molecule is CSc1cccc(N2C(=O)CNC(=O)C2C(C)C)c1. The molecule has 2 rings (SSSR count). The quantitative estimate of drug-likeness (QED) is 0.859. The highest BCUT2D eigenvalue weighted by molar-refractivity contribution is 7.98. The number of benzene rings is 1. The molecule has 1 unspecified atom stereocenters. The summed E-state index contributed by atoms with van der Waals surface area (Å²) in [4.78, 5) is 26.9. The largest absolute Gasteiger partial charge is 0.345 e. The highest BCUT2D eigenvalue weighted by Crippen LogP contribution is 2.27. The summed E-state index contributed by atoms with van der Waals surface area (Å²) < 4.78 is 0. The van der Waals surface area contributed by atoms with Gasteiger partial charge in [-0.1, -0.05) is 19.9 Å². The van der Waals surface area contributed by atoms with E-state index >= 15 is 0 Å². The molecular weight excluding hydrogens is 260 g/mol. The third kappa shape index (κ3) is 2.76. The number of amides is 2. The van der Waals surface area contributed by atoms with E-state index in [1.807, 2.05) is 44.4 Å².